The van der Waals surface area contributed by atoms with Crippen LogP contribution in [0.1, 0.15) is 0 Å². The molecular formula is C16H17BrN2O3. The average molecular weight is 365 g/mol. The number of nitrogens with one attached hydrogen (secondary N) is 2. The first kappa shape index (κ1) is 16.2. The Morgan fingerprint density at radius 1 is 1.18 bits per heavy atom. The smallest absolute Gasteiger partial charge is 0.319 e. The van der Waals surface area contributed by atoms with Crippen molar-refractivity contribution in [1.82, 2.24) is 5.32 Å². The van der Waals surface area contributed by atoms with Gasteiger partial charge in [-0.15, -0.1) is 0 Å². The third-order valence-corrected chi connectivity index (χ3v) is 3.46. The van der Waals surface area contributed by atoms with E-state index in [1.165, 1.54) is 0 Å². The van der Waals surface area contributed by atoms with Crippen molar-refractivity contribution in [2.45, 2.75) is 0 Å². The highest BCUT2D eigenvalue weighted by Gasteiger charge is 2.03. The quantitative estimate of drug-likeness (QED) is 0.769. The molecule has 0 atom stereocenters. The van der Waals surface area contributed by atoms with Gasteiger partial charge in [0.05, 0.1) is 18.1 Å². The molecule has 0 radical (unpaired) electrons. The Balaban J connectivity index is 1.73. The number of halogens is 1. The Kier molecular flexibility index (Phi) is 6.09. The number of amides is 2. The lowest BCUT2D eigenvalue weighted by Gasteiger charge is -2.10. The van der Waals surface area contributed by atoms with E-state index >= 15 is 0 Å². The molecule has 0 aliphatic rings. The molecule has 2 amide bonds. The molecule has 0 aliphatic carbocycles. The molecule has 0 heterocycles. The van der Waals surface area contributed by atoms with Gasteiger partial charge in [-0.3, -0.25) is 0 Å². The fraction of sp³-hybridized carbons (Fsp3) is 0.188. The highest BCUT2D eigenvalue weighted by molar-refractivity contribution is 9.10. The zero-order valence-electron chi connectivity index (χ0n) is 12.1. The van der Waals surface area contributed by atoms with Gasteiger partial charge in [-0.2, -0.15) is 0 Å². The minimum absolute atomic E-state index is 0.288. The number of hydrogen-bond donors (Lipinski definition) is 2. The van der Waals surface area contributed by atoms with Crippen LogP contribution < -0.4 is 20.1 Å². The first-order valence-electron chi connectivity index (χ1n) is 6.75. The van der Waals surface area contributed by atoms with Crippen molar-refractivity contribution >= 4 is 27.6 Å². The number of methoxy groups -OCH3 is 1. The zero-order chi connectivity index (χ0) is 15.8. The summed E-state index contributed by atoms with van der Waals surface area (Å²) in [5.41, 5.74) is 0.670. The molecule has 0 aliphatic heterocycles. The predicted molar refractivity (Wildman–Crippen MR) is 89.7 cm³/mol. The van der Waals surface area contributed by atoms with Crippen molar-refractivity contribution in [3.05, 3.63) is 53.0 Å². The maximum Gasteiger partial charge on any atom is 0.319 e. The van der Waals surface area contributed by atoms with Gasteiger partial charge in [-0.05, 0) is 40.2 Å². The lowest BCUT2D eigenvalue weighted by atomic mass is 10.3. The van der Waals surface area contributed by atoms with E-state index < -0.39 is 0 Å². The minimum Gasteiger partial charge on any atom is -0.497 e. The molecule has 0 bridgehead atoms. The highest BCUT2D eigenvalue weighted by atomic mass is 79.9. The molecule has 116 valence electrons. The number of carbonyl (C=O) groups is 1. The topological polar surface area (TPSA) is 59.6 Å². The van der Waals surface area contributed by atoms with Crippen LogP contribution in [-0.2, 0) is 0 Å². The predicted octanol–water partition coefficient (Wildman–Crippen LogP) is 3.66. The molecule has 0 spiro atoms. The number of anilines is 1. The summed E-state index contributed by atoms with van der Waals surface area (Å²) >= 11 is 3.40. The van der Waals surface area contributed by atoms with Crippen LogP contribution in [0.4, 0.5) is 10.5 Å². The van der Waals surface area contributed by atoms with E-state index in [-0.39, 0.29) is 6.03 Å². The molecular weight excluding hydrogens is 348 g/mol. The summed E-state index contributed by atoms with van der Waals surface area (Å²) in [6, 6.07) is 14.4. The largest absolute Gasteiger partial charge is 0.497 e. The summed E-state index contributed by atoms with van der Waals surface area (Å²) in [5, 5.41) is 5.46. The number of urea groups is 1. The second-order valence-corrected chi connectivity index (χ2v) is 5.25. The Morgan fingerprint density at radius 3 is 2.77 bits per heavy atom. The van der Waals surface area contributed by atoms with Crippen molar-refractivity contribution in [3.63, 3.8) is 0 Å². The van der Waals surface area contributed by atoms with Crippen LogP contribution in [0, 0.1) is 0 Å². The Labute approximate surface area is 137 Å². The lowest BCUT2D eigenvalue weighted by molar-refractivity contribution is 0.247. The van der Waals surface area contributed by atoms with Crippen molar-refractivity contribution in [2.24, 2.45) is 0 Å². The van der Waals surface area contributed by atoms with E-state index in [1.54, 1.807) is 19.2 Å². The molecule has 2 rings (SSSR count). The van der Waals surface area contributed by atoms with Gasteiger partial charge in [0.1, 0.15) is 18.1 Å². The lowest BCUT2D eigenvalue weighted by Crippen LogP contribution is -2.32. The van der Waals surface area contributed by atoms with Gasteiger partial charge in [-0.1, -0.05) is 18.2 Å². The molecule has 0 fully saturated rings. The van der Waals surface area contributed by atoms with Gasteiger partial charge >= 0.3 is 6.03 Å². The average Bonchev–Trinajstić information content (AvgIpc) is 2.53. The van der Waals surface area contributed by atoms with E-state index in [0.717, 1.165) is 10.2 Å². The molecule has 0 aromatic heterocycles. The van der Waals surface area contributed by atoms with Gasteiger partial charge in [0, 0.05) is 11.8 Å². The molecule has 22 heavy (non-hydrogen) atoms. The number of carbonyl (C=O) groups excluding carboxylic acids is 1. The SMILES string of the molecule is COc1cccc(NC(=O)NCCOc2ccccc2Br)c1. The summed E-state index contributed by atoms with van der Waals surface area (Å²) in [6.45, 7) is 0.783. The standard InChI is InChI=1S/C16H17BrN2O3/c1-21-13-6-4-5-12(11-13)19-16(20)18-9-10-22-15-8-3-2-7-14(15)17/h2-8,11H,9-10H2,1H3,(H2,18,19,20). The second kappa shape index (κ2) is 8.29. The van der Waals surface area contributed by atoms with Gasteiger partial charge in [0.25, 0.3) is 0 Å². The molecule has 0 saturated carbocycles. The molecule has 6 heteroatoms. The van der Waals surface area contributed by atoms with E-state index in [2.05, 4.69) is 26.6 Å². The summed E-state index contributed by atoms with van der Waals surface area (Å²) in [6.07, 6.45) is 0. The van der Waals surface area contributed by atoms with Crippen LogP contribution in [0.5, 0.6) is 11.5 Å². The molecule has 0 unspecified atom stereocenters. The van der Waals surface area contributed by atoms with Crippen LogP contribution in [-0.4, -0.2) is 26.3 Å². The summed E-state index contributed by atoms with van der Waals surface area (Å²) in [5.74, 6) is 1.44. The molecule has 5 nitrogen and oxygen atoms in total. The number of ether oxygens (including phenoxy) is 2. The fourth-order valence-corrected chi connectivity index (χ4v) is 2.16. The molecule has 2 aromatic rings. The van der Waals surface area contributed by atoms with Crippen LogP contribution in [0.3, 0.4) is 0 Å². The van der Waals surface area contributed by atoms with Crippen LogP contribution in [0.2, 0.25) is 0 Å². The Hall–Kier alpha value is -2.21. The summed E-state index contributed by atoms with van der Waals surface area (Å²) in [7, 11) is 1.58. The van der Waals surface area contributed by atoms with Gasteiger partial charge in [-0.25, -0.2) is 4.79 Å². The minimum atomic E-state index is -0.288. The highest BCUT2D eigenvalue weighted by Crippen LogP contribution is 2.23. The van der Waals surface area contributed by atoms with Gasteiger partial charge < -0.3 is 20.1 Å². The fourth-order valence-electron chi connectivity index (χ4n) is 1.76. The van der Waals surface area contributed by atoms with E-state index in [1.807, 2.05) is 36.4 Å². The summed E-state index contributed by atoms with van der Waals surface area (Å²) in [4.78, 5) is 11.8. The molecule has 2 aromatic carbocycles. The summed E-state index contributed by atoms with van der Waals surface area (Å²) < 4.78 is 11.5. The maximum atomic E-state index is 11.8. The van der Waals surface area contributed by atoms with E-state index in [9.17, 15) is 4.79 Å². The number of hydrogen-bond acceptors (Lipinski definition) is 3. The van der Waals surface area contributed by atoms with E-state index in [0.29, 0.717) is 24.6 Å². The van der Waals surface area contributed by atoms with Crippen molar-refractivity contribution < 1.29 is 14.3 Å². The zero-order valence-corrected chi connectivity index (χ0v) is 13.7. The van der Waals surface area contributed by atoms with Crippen LogP contribution >= 0.6 is 15.9 Å². The van der Waals surface area contributed by atoms with Crippen molar-refractivity contribution in [2.75, 3.05) is 25.6 Å². The maximum absolute atomic E-state index is 11.8. The first-order valence-corrected chi connectivity index (χ1v) is 7.54. The van der Waals surface area contributed by atoms with Crippen LogP contribution in [0.25, 0.3) is 0 Å². The normalized spacial score (nSPS) is 9.91. The van der Waals surface area contributed by atoms with Crippen molar-refractivity contribution in [3.8, 4) is 11.5 Å². The number of benzene rings is 2. The van der Waals surface area contributed by atoms with E-state index in [4.69, 9.17) is 9.47 Å². The molecule has 2 N–H and O–H groups in total. The number of para-hydroxylation sites is 1. The van der Waals surface area contributed by atoms with Crippen molar-refractivity contribution in [1.29, 1.82) is 0 Å². The Morgan fingerprint density at radius 2 is 2.00 bits per heavy atom. The third kappa shape index (κ3) is 4.96. The Bertz CT molecular complexity index is 634. The van der Waals surface area contributed by atoms with Crippen LogP contribution in [0.15, 0.2) is 53.0 Å². The number of rotatable bonds is 6. The van der Waals surface area contributed by atoms with Gasteiger partial charge in [0.2, 0.25) is 0 Å². The first-order chi connectivity index (χ1) is 10.7. The van der Waals surface area contributed by atoms with Gasteiger partial charge in [0.15, 0.2) is 0 Å². The third-order valence-electron chi connectivity index (χ3n) is 2.81. The molecule has 0 saturated heterocycles. The second-order valence-electron chi connectivity index (χ2n) is 4.39. The monoisotopic (exact) mass is 364 g/mol.